The van der Waals surface area contributed by atoms with Gasteiger partial charge in [0.15, 0.2) is 0 Å². The lowest BCUT2D eigenvalue weighted by atomic mass is 9.86. The van der Waals surface area contributed by atoms with E-state index in [1.54, 1.807) is 0 Å². The molecule has 1 unspecified atom stereocenters. The Bertz CT molecular complexity index is 380. The lowest BCUT2D eigenvalue weighted by Crippen LogP contribution is -2.59. The number of nitrogens with zero attached hydrogens (tertiary/aromatic N) is 1. The van der Waals surface area contributed by atoms with Crippen LogP contribution in [-0.2, 0) is 6.42 Å². The van der Waals surface area contributed by atoms with Crippen molar-refractivity contribution in [3.05, 3.63) is 22.4 Å². The summed E-state index contributed by atoms with van der Waals surface area (Å²) in [4.78, 5) is 2.72. The minimum Gasteiger partial charge on any atom is -0.312 e. The number of likely N-dealkylation sites (tertiary alicyclic amines) is 1. The van der Waals surface area contributed by atoms with E-state index in [2.05, 4.69) is 47.8 Å². The molecule has 120 valence electrons. The van der Waals surface area contributed by atoms with Gasteiger partial charge in [-0.15, -0.1) is 0 Å². The van der Waals surface area contributed by atoms with Crippen LogP contribution in [0.3, 0.4) is 0 Å². The van der Waals surface area contributed by atoms with E-state index in [9.17, 15) is 0 Å². The Morgan fingerprint density at radius 1 is 1.29 bits per heavy atom. The van der Waals surface area contributed by atoms with Gasteiger partial charge in [-0.3, -0.25) is 4.90 Å². The number of hydrogen-bond acceptors (Lipinski definition) is 3. The Morgan fingerprint density at radius 3 is 2.67 bits per heavy atom. The Balaban J connectivity index is 1.98. The third kappa shape index (κ3) is 4.80. The first kappa shape index (κ1) is 17.0. The molecule has 21 heavy (non-hydrogen) atoms. The topological polar surface area (TPSA) is 15.3 Å². The van der Waals surface area contributed by atoms with Crippen LogP contribution in [-0.4, -0.2) is 36.1 Å². The van der Waals surface area contributed by atoms with Crippen LogP contribution in [0.25, 0.3) is 0 Å². The van der Waals surface area contributed by atoms with Crippen molar-refractivity contribution >= 4 is 11.3 Å². The van der Waals surface area contributed by atoms with Gasteiger partial charge in [-0.1, -0.05) is 13.3 Å². The highest BCUT2D eigenvalue weighted by atomic mass is 32.1. The summed E-state index contributed by atoms with van der Waals surface area (Å²) in [6.07, 6.45) is 7.80. The van der Waals surface area contributed by atoms with Gasteiger partial charge in [-0.2, -0.15) is 11.3 Å². The van der Waals surface area contributed by atoms with Gasteiger partial charge >= 0.3 is 0 Å². The number of hydrogen-bond donors (Lipinski definition) is 1. The maximum atomic E-state index is 3.83. The molecule has 1 atom stereocenters. The Kier molecular flexibility index (Phi) is 6.72. The minimum absolute atomic E-state index is 0.256. The van der Waals surface area contributed by atoms with Crippen molar-refractivity contribution in [3.63, 3.8) is 0 Å². The lowest BCUT2D eigenvalue weighted by Gasteiger charge is -2.46. The van der Waals surface area contributed by atoms with Crippen LogP contribution in [0.15, 0.2) is 16.8 Å². The molecule has 0 radical (unpaired) electrons. The molecule has 0 aliphatic carbocycles. The SMILES string of the molecule is CCCNC(CCc1ccsc1)C(C)(C)N1CCCCC1. The third-order valence-corrected chi connectivity index (χ3v) is 5.70. The van der Waals surface area contributed by atoms with E-state index in [4.69, 9.17) is 0 Å². The van der Waals surface area contributed by atoms with E-state index >= 15 is 0 Å². The van der Waals surface area contributed by atoms with Gasteiger partial charge in [0.05, 0.1) is 0 Å². The minimum atomic E-state index is 0.256. The number of piperidine rings is 1. The summed E-state index contributed by atoms with van der Waals surface area (Å²) >= 11 is 1.81. The highest BCUT2D eigenvalue weighted by Crippen LogP contribution is 2.26. The molecule has 1 aromatic rings. The highest BCUT2D eigenvalue weighted by molar-refractivity contribution is 7.07. The summed E-state index contributed by atoms with van der Waals surface area (Å²) in [7, 11) is 0. The fourth-order valence-electron chi connectivity index (χ4n) is 3.46. The average molecular weight is 309 g/mol. The van der Waals surface area contributed by atoms with Gasteiger partial charge in [0, 0.05) is 11.6 Å². The van der Waals surface area contributed by atoms with Crippen molar-refractivity contribution < 1.29 is 0 Å². The second kappa shape index (κ2) is 8.30. The number of rotatable bonds is 8. The van der Waals surface area contributed by atoms with Crippen molar-refractivity contribution in [2.24, 2.45) is 0 Å². The fraction of sp³-hybridized carbons (Fsp3) is 0.778. The zero-order chi connectivity index (χ0) is 15.1. The van der Waals surface area contributed by atoms with E-state index in [1.165, 1.54) is 57.2 Å². The third-order valence-electron chi connectivity index (χ3n) is 4.97. The smallest absolute Gasteiger partial charge is 0.0306 e. The first-order valence-corrected chi connectivity index (χ1v) is 9.58. The molecule has 1 aliphatic heterocycles. The van der Waals surface area contributed by atoms with E-state index < -0.39 is 0 Å². The largest absolute Gasteiger partial charge is 0.312 e. The maximum absolute atomic E-state index is 3.83. The van der Waals surface area contributed by atoms with Crippen molar-refractivity contribution in [1.29, 1.82) is 0 Å². The van der Waals surface area contributed by atoms with Crippen LogP contribution in [0.5, 0.6) is 0 Å². The van der Waals surface area contributed by atoms with Crippen LogP contribution in [0.4, 0.5) is 0 Å². The standard InChI is InChI=1S/C18H32N2S/c1-4-11-19-17(9-8-16-10-14-21-15-16)18(2,3)20-12-6-5-7-13-20/h10,14-15,17,19H,4-9,11-13H2,1-3H3. The van der Waals surface area contributed by atoms with Crippen molar-refractivity contribution in [1.82, 2.24) is 10.2 Å². The molecule has 0 saturated carbocycles. The Labute approximate surface area is 134 Å². The molecule has 1 N–H and O–H groups in total. The number of nitrogens with one attached hydrogen (secondary N) is 1. The molecule has 3 heteroatoms. The van der Waals surface area contributed by atoms with Gasteiger partial charge in [0.2, 0.25) is 0 Å². The van der Waals surface area contributed by atoms with E-state index in [0.29, 0.717) is 6.04 Å². The summed E-state index contributed by atoms with van der Waals surface area (Å²) in [5, 5.41) is 8.32. The average Bonchev–Trinajstić information content (AvgIpc) is 3.01. The van der Waals surface area contributed by atoms with Crippen LogP contribution >= 0.6 is 11.3 Å². The van der Waals surface area contributed by atoms with Gasteiger partial charge in [0.1, 0.15) is 0 Å². The number of aryl methyl sites for hydroxylation is 1. The molecule has 0 bridgehead atoms. The normalized spacial score (nSPS) is 18.8. The zero-order valence-corrected chi connectivity index (χ0v) is 14.8. The van der Waals surface area contributed by atoms with Gasteiger partial charge in [0.25, 0.3) is 0 Å². The van der Waals surface area contributed by atoms with Gasteiger partial charge in [-0.25, -0.2) is 0 Å². The second-order valence-electron chi connectivity index (χ2n) is 6.88. The molecule has 1 fully saturated rings. The fourth-order valence-corrected chi connectivity index (χ4v) is 4.16. The molecular formula is C18H32N2S. The molecule has 1 saturated heterocycles. The maximum Gasteiger partial charge on any atom is 0.0306 e. The zero-order valence-electron chi connectivity index (χ0n) is 14.0. The summed E-state index contributed by atoms with van der Waals surface area (Å²) in [5.74, 6) is 0. The quantitative estimate of drug-likeness (QED) is 0.769. The predicted octanol–water partition coefficient (Wildman–Crippen LogP) is 4.31. The van der Waals surface area contributed by atoms with Crippen molar-refractivity contribution in [2.45, 2.75) is 70.9 Å². The molecule has 1 aliphatic rings. The highest BCUT2D eigenvalue weighted by Gasteiger charge is 2.35. The van der Waals surface area contributed by atoms with E-state index in [-0.39, 0.29) is 5.54 Å². The predicted molar refractivity (Wildman–Crippen MR) is 94.2 cm³/mol. The van der Waals surface area contributed by atoms with Crippen molar-refractivity contribution in [2.75, 3.05) is 19.6 Å². The lowest BCUT2D eigenvalue weighted by molar-refractivity contribution is 0.0583. The van der Waals surface area contributed by atoms with E-state index in [0.717, 1.165) is 6.54 Å². The monoisotopic (exact) mass is 308 g/mol. The summed E-state index contributed by atoms with van der Waals surface area (Å²) in [5.41, 5.74) is 1.75. The first-order chi connectivity index (χ1) is 10.1. The molecule has 2 rings (SSSR count). The Hall–Kier alpha value is -0.380. The van der Waals surface area contributed by atoms with Crippen LogP contribution in [0.1, 0.15) is 58.4 Å². The molecule has 2 heterocycles. The van der Waals surface area contributed by atoms with Gasteiger partial charge in [-0.05, 0) is 88.0 Å². The van der Waals surface area contributed by atoms with E-state index in [1.807, 2.05) is 11.3 Å². The number of thiophene rings is 1. The first-order valence-electron chi connectivity index (χ1n) is 8.64. The molecular weight excluding hydrogens is 276 g/mol. The molecule has 0 amide bonds. The molecule has 1 aromatic heterocycles. The molecule has 0 aromatic carbocycles. The Morgan fingerprint density at radius 2 is 2.05 bits per heavy atom. The molecule has 2 nitrogen and oxygen atoms in total. The van der Waals surface area contributed by atoms with Crippen LogP contribution in [0, 0.1) is 0 Å². The van der Waals surface area contributed by atoms with Gasteiger partial charge < -0.3 is 5.32 Å². The van der Waals surface area contributed by atoms with Crippen LogP contribution < -0.4 is 5.32 Å². The van der Waals surface area contributed by atoms with Crippen molar-refractivity contribution in [3.8, 4) is 0 Å². The molecule has 0 spiro atoms. The summed E-state index contributed by atoms with van der Waals surface area (Å²) in [6.45, 7) is 10.8. The van der Waals surface area contributed by atoms with Crippen LogP contribution in [0.2, 0.25) is 0 Å². The summed E-state index contributed by atoms with van der Waals surface area (Å²) < 4.78 is 0. The second-order valence-corrected chi connectivity index (χ2v) is 7.66. The summed E-state index contributed by atoms with van der Waals surface area (Å²) in [6, 6.07) is 2.85.